The molecule has 0 aromatic heterocycles. The highest BCUT2D eigenvalue weighted by Gasteiger charge is 2.10. The summed E-state index contributed by atoms with van der Waals surface area (Å²) in [4.78, 5) is 0. The summed E-state index contributed by atoms with van der Waals surface area (Å²) >= 11 is 0. The standard InChI is InChI=1S/C11H16N4O3/c1-16-9-5-11(18-3)10(17-2)4-8(9)6-13-15-14-7-12/h4-7,15H,1-3H3,(H2,12,14)/b13-6+. The van der Waals surface area contributed by atoms with E-state index in [1.807, 2.05) is 0 Å². The molecule has 0 aliphatic rings. The normalized spacial score (nSPS) is 10.8. The van der Waals surface area contributed by atoms with E-state index < -0.39 is 0 Å². The second kappa shape index (κ2) is 7.00. The highest BCUT2D eigenvalue weighted by molar-refractivity contribution is 5.85. The minimum absolute atomic E-state index is 0.583. The zero-order valence-electron chi connectivity index (χ0n) is 10.5. The third kappa shape index (κ3) is 3.27. The van der Waals surface area contributed by atoms with E-state index >= 15 is 0 Å². The summed E-state index contributed by atoms with van der Waals surface area (Å²) in [6.45, 7) is 0. The van der Waals surface area contributed by atoms with Gasteiger partial charge in [0.1, 0.15) is 12.1 Å². The van der Waals surface area contributed by atoms with E-state index in [9.17, 15) is 0 Å². The Morgan fingerprint density at radius 3 is 2.17 bits per heavy atom. The van der Waals surface area contributed by atoms with E-state index in [1.54, 1.807) is 33.5 Å². The molecule has 1 rings (SSSR count). The number of methoxy groups -OCH3 is 3. The maximum Gasteiger partial charge on any atom is 0.164 e. The number of benzene rings is 1. The zero-order chi connectivity index (χ0) is 13.4. The molecule has 0 fully saturated rings. The Hall–Kier alpha value is -2.44. The SMILES string of the molecule is COc1cc(OC)c(OC)cc1/C=N/N/N=C\N. The van der Waals surface area contributed by atoms with Crippen LogP contribution in [0.2, 0.25) is 0 Å². The van der Waals surface area contributed by atoms with Crippen LogP contribution in [0.25, 0.3) is 0 Å². The molecule has 0 bridgehead atoms. The summed E-state index contributed by atoms with van der Waals surface area (Å²) in [7, 11) is 4.68. The van der Waals surface area contributed by atoms with Gasteiger partial charge < -0.3 is 19.9 Å². The molecule has 7 heteroatoms. The Labute approximate surface area is 105 Å². The molecule has 0 amide bonds. The van der Waals surface area contributed by atoms with Crippen molar-refractivity contribution < 1.29 is 14.2 Å². The number of rotatable bonds is 6. The Morgan fingerprint density at radius 1 is 1.00 bits per heavy atom. The molecule has 0 saturated carbocycles. The summed E-state index contributed by atoms with van der Waals surface area (Å²) in [5.74, 6) is 1.77. The Morgan fingerprint density at radius 2 is 1.61 bits per heavy atom. The van der Waals surface area contributed by atoms with Gasteiger partial charge in [-0.1, -0.05) is 0 Å². The van der Waals surface area contributed by atoms with Gasteiger partial charge >= 0.3 is 0 Å². The smallest absolute Gasteiger partial charge is 0.164 e. The van der Waals surface area contributed by atoms with Crippen LogP contribution in [0, 0.1) is 0 Å². The van der Waals surface area contributed by atoms with E-state index in [2.05, 4.69) is 15.7 Å². The molecule has 1 aromatic carbocycles. The highest BCUT2D eigenvalue weighted by atomic mass is 16.5. The second-order valence-corrected chi connectivity index (χ2v) is 3.09. The maximum atomic E-state index is 5.23. The lowest BCUT2D eigenvalue weighted by molar-refractivity contribution is 0.349. The summed E-state index contributed by atoms with van der Waals surface area (Å²) < 4.78 is 15.6. The van der Waals surface area contributed by atoms with Crippen LogP contribution < -0.4 is 25.5 Å². The highest BCUT2D eigenvalue weighted by Crippen LogP contribution is 2.33. The second-order valence-electron chi connectivity index (χ2n) is 3.09. The first kappa shape index (κ1) is 13.6. The summed E-state index contributed by atoms with van der Waals surface area (Å²) in [5, 5.41) is 7.37. The average Bonchev–Trinajstić information content (AvgIpc) is 2.42. The molecule has 0 aliphatic heterocycles. The molecule has 7 nitrogen and oxygen atoms in total. The topological polar surface area (TPSA) is 90.5 Å². The van der Waals surface area contributed by atoms with E-state index in [-0.39, 0.29) is 0 Å². The van der Waals surface area contributed by atoms with Gasteiger partial charge in [-0.3, -0.25) is 0 Å². The van der Waals surface area contributed by atoms with Crippen molar-refractivity contribution >= 4 is 12.6 Å². The largest absolute Gasteiger partial charge is 0.496 e. The van der Waals surface area contributed by atoms with E-state index in [0.717, 1.165) is 11.9 Å². The van der Waals surface area contributed by atoms with Gasteiger partial charge in [-0.2, -0.15) is 10.6 Å². The number of nitrogens with one attached hydrogen (secondary N) is 1. The maximum absolute atomic E-state index is 5.23. The third-order valence-corrected chi connectivity index (χ3v) is 2.13. The van der Waals surface area contributed by atoms with Crippen molar-refractivity contribution in [1.29, 1.82) is 0 Å². The number of ether oxygens (including phenoxy) is 3. The van der Waals surface area contributed by atoms with Crippen LogP contribution in [-0.2, 0) is 0 Å². The lowest BCUT2D eigenvalue weighted by atomic mass is 10.2. The predicted molar refractivity (Wildman–Crippen MR) is 69.5 cm³/mol. The quantitative estimate of drug-likeness (QED) is 0.438. The summed E-state index contributed by atoms with van der Waals surface area (Å²) in [6, 6.07) is 3.46. The van der Waals surface area contributed by atoms with Crippen LogP contribution in [0.4, 0.5) is 0 Å². The van der Waals surface area contributed by atoms with Crippen molar-refractivity contribution in [2.24, 2.45) is 15.9 Å². The van der Waals surface area contributed by atoms with Crippen LogP contribution in [0.3, 0.4) is 0 Å². The van der Waals surface area contributed by atoms with E-state index in [1.165, 1.54) is 6.21 Å². The molecular formula is C11H16N4O3. The van der Waals surface area contributed by atoms with Gasteiger partial charge in [0.05, 0.1) is 27.5 Å². The molecule has 0 radical (unpaired) electrons. The molecule has 0 atom stereocenters. The van der Waals surface area contributed by atoms with Crippen molar-refractivity contribution in [2.75, 3.05) is 21.3 Å². The van der Waals surface area contributed by atoms with Crippen LogP contribution in [0.15, 0.2) is 22.3 Å². The molecule has 0 heterocycles. The van der Waals surface area contributed by atoms with Gasteiger partial charge in [0.2, 0.25) is 0 Å². The molecule has 3 N–H and O–H groups in total. The Bertz CT molecular complexity index is 446. The zero-order valence-corrected chi connectivity index (χ0v) is 10.5. The number of nitrogens with two attached hydrogens (primary N) is 1. The first-order valence-corrected chi connectivity index (χ1v) is 5.08. The molecule has 1 aromatic rings. The number of hydrogen-bond donors (Lipinski definition) is 2. The van der Waals surface area contributed by atoms with Gasteiger partial charge in [-0.15, -0.1) is 5.10 Å². The van der Waals surface area contributed by atoms with Gasteiger partial charge in [-0.25, -0.2) is 0 Å². The molecule has 98 valence electrons. The molecule has 0 unspecified atom stereocenters. The number of nitrogens with zero attached hydrogens (tertiary/aromatic N) is 2. The molecular weight excluding hydrogens is 236 g/mol. The van der Waals surface area contributed by atoms with Gasteiger partial charge in [0.15, 0.2) is 11.5 Å². The van der Waals surface area contributed by atoms with Crippen molar-refractivity contribution in [2.45, 2.75) is 0 Å². The molecule has 0 aliphatic carbocycles. The van der Waals surface area contributed by atoms with Crippen molar-refractivity contribution in [3.05, 3.63) is 17.7 Å². The number of hydrazone groups is 2. The molecule has 0 spiro atoms. The first-order chi connectivity index (χ1) is 8.76. The van der Waals surface area contributed by atoms with Crippen LogP contribution in [-0.4, -0.2) is 33.9 Å². The lowest BCUT2D eigenvalue weighted by Gasteiger charge is -2.11. The monoisotopic (exact) mass is 252 g/mol. The van der Waals surface area contributed by atoms with E-state index in [4.69, 9.17) is 19.9 Å². The minimum atomic E-state index is 0.583. The van der Waals surface area contributed by atoms with Crippen molar-refractivity contribution in [3.63, 3.8) is 0 Å². The fourth-order valence-corrected chi connectivity index (χ4v) is 1.32. The fourth-order valence-electron chi connectivity index (χ4n) is 1.32. The lowest BCUT2D eigenvalue weighted by Crippen LogP contribution is -2.01. The predicted octanol–water partition coefficient (Wildman–Crippen LogP) is 0.538. The third-order valence-electron chi connectivity index (χ3n) is 2.13. The Kier molecular flexibility index (Phi) is 5.30. The summed E-state index contributed by atoms with van der Waals surface area (Å²) in [5.41, 5.74) is 8.16. The van der Waals surface area contributed by atoms with Crippen LogP contribution in [0.5, 0.6) is 17.2 Å². The van der Waals surface area contributed by atoms with Crippen molar-refractivity contribution in [3.8, 4) is 17.2 Å². The van der Waals surface area contributed by atoms with E-state index in [0.29, 0.717) is 17.2 Å². The Balaban J connectivity index is 3.05. The molecule has 0 saturated heterocycles. The average molecular weight is 252 g/mol. The summed E-state index contributed by atoms with van der Waals surface area (Å²) in [6.07, 6.45) is 2.64. The van der Waals surface area contributed by atoms with Gasteiger partial charge in [0, 0.05) is 11.6 Å². The minimum Gasteiger partial charge on any atom is -0.496 e. The van der Waals surface area contributed by atoms with Crippen LogP contribution >= 0.6 is 0 Å². The van der Waals surface area contributed by atoms with Gasteiger partial charge in [0.25, 0.3) is 0 Å². The molecule has 18 heavy (non-hydrogen) atoms. The van der Waals surface area contributed by atoms with Crippen molar-refractivity contribution in [1.82, 2.24) is 5.53 Å². The van der Waals surface area contributed by atoms with Crippen LogP contribution in [0.1, 0.15) is 5.56 Å². The number of hydrogen-bond acceptors (Lipinski definition) is 6. The van der Waals surface area contributed by atoms with Gasteiger partial charge in [-0.05, 0) is 6.07 Å². The fraction of sp³-hybridized carbons (Fsp3) is 0.273. The first-order valence-electron chi connectivity index (χ1n) is 5.08.